The number of nitrogens with one attached hydrogen (secondary N) is 1. The van der Waals surface area contributed by atoms with Crippen molar-refractivity contribution in [2.24, 2.45) is 5.92 Å². The molecule has 0 saturated heterocycles. The van der Waals surface area contributed by atoms with Gasteiger partial charge >= 0.3 is 0 Å². The molecule has 5 nitrogen and oxygen atoms in total. The van der Waals surface area contributed by atoms with Gasteiger partial charge in [-0.2, -0.15) is 0 Å². The molecule has 6 heteroatoms. The zero-order valence-electron chi connectivity index (χ0n) is 20.7. The Morgan fingerprint density at radius 2 is 1.51 bits per heavy atom. The van der Waals surface area contributed by atoms with Crippen LogP contribution in [-0.2, 0) is 4.43 Å². The van der Waals surface area contributed by atoms with Crippen molar-refractivity contribution in [3.63, 3.8) is 0 Å². The molecule has 4 aromatic rings. The molecule has 1 N–H and O–H groups in total. The summed E-state index contributed by atoms with van der Waals surface area (Å²) in [6.45, 7) is 6.92. The number of fused-ring (bicyclic) bond motifs is 1. The van der Waals surface area contributed by atoms with Gasteiger partial charge in [-0.15, -0.1) is 0 Å². The van der Waals surface area contributed by atoms with E-state index in [0.29, 0.717) is 11.5 Å². The number of aromatic amines is 1. The summed E-state index contributed by atoms with van der Waals surface area (Å²) in [7, 11) is -2.59. The Balaban J connectivity index is 1.38. The quantitative estimate of drug-likeness (QED) is 0.299. The van der Waals surface area contributed by atoms with Crippen LogP contribution in [0.2, 0.25) is 5.04 Å². The molecule has 0 unspecified atom stereocenters. The third-order valence-corrected chi connectivity index (χ3v) is 12.4. The van der Waals surface area contributed by atoms with Crippen molar-refractivity contribution in [2.45, 2.75) is 57.6 Å². The van der Waals surface area contributed by atoms with Crippen LogP contribution in [-0.4, -0.2) is 35.2 Å². The first-order chi connectivity index (χ1) is 16.9. The normalized spacial score (nSPS) is 19.1. The number of carbonyl (C=O) groups excluding carboxylic acids is 1. The maximum absolute atomic E-state index is 13.2. The molecule has 0 atom stereocenters. The van der Waals surface area contributed by atoms with E-state index < -0.39 is 8.32 Å². The van der Waals surface area contributed by atoms with E-state index in [2.05, 4.69) is 96.4 Å². The first-order valence-electron chi connectivity index (χ1n) is 12.5. The van der Waals surface area contributed by atoms with E-state index in [9.17, 15) is 4.79 Å². The average Bonchev–Trinajstić information content (AvgIpc) is 3.35. The Hall–Kier alpha value is -3.09. The predicted molar refractivity (Wildman–Crippen MR) is 143 cm³/mol. The van der Waals surface area contributed by atoms with Crippen LogP contribution in [0.5, 0.6) is 0 Å². The first-order valence-corrected chi connectivity index (χ1v) is 14.4. The molecule has 0 aliphatic heterocycles. The fourth-order valence-corrected chi connectivity index (χ4v) is 10.3. The average molecular weight is 484 g/mol. The highest BCUT2D eigenvalue weighted by Crippen LogP contribution is 2.40. The van der Waals surface area contributed by atoms with Crippen LogP contribution in [0, 0.1) is 5.92 Å². The molecule has 1 aliphatic rings. The Labute approximate surface area is 208 Å². The van der Waals surface area contributed by atoms with Gasteiger partial charge in [-0.3, -0.25) is 4.79 Å². The molecule has 1 fully saturated rings. The molecular formula is C29H33N3O2Si. The van der Waals surface area contributed by atoms with Gasteiger partial charge in [-0.1, -0.05) is 81.4 Å². The molecule has 5 rings (SSSR count). The lowest BCUT2D eigenvalue weighted by molar-refractivity contribution is 0.0782. The monoisotopic (exact) mass is 483 g/mol. The van der Waals surface area contributed by atoms with E-state index in [1.165, 1.54) is 10.4 Å². The van der Waals surface area contributed by atoms with Gasteiger partial charge in [-0.25, -0.2) is 9.97 Å². The Bertz CT molecular complexity index is 1250. The standard InChI is InChI=1S/C29H33N3O2Si/c1-29(2,3)35(24-10-6-4-7-11-24,25-12-8-5-9-13-25)34-23-16-14-21(15-17-23)26(33)28-31-20-22-18-19-30-27(22)32-28/h4-13,18-21,23H,14-17H2,1-3H3,(H,30,31,32). The van der Waals surface area contributed by atoms with Gasteiger partial charge in [0.25, 0.3) is 8.32 Å². The summed E-state index contributed by atoms with van der Waals surface area (Å²) in [5.41, 5.74) is 0.715. The molecule has 0 bridgehead atoms. The second-order valence-electron chi connectivity index (χ2n) is 10.6. The van der Waals surface area contributed by atoms with Crippen molar-refractivity contribution in [3.8, 4) is 0 Å². The predicted octanol–water partition coefficient (Wildman–Crippen LogP) is 5.28. The summed E-state index contributed by atoms with van der Waals surface area (Å²) in [5.74, 6) is 0.308. The zero-order valence-corrected chi connectivity index (χ0v) is 21.7. The highest BCUT2D eigenvalue weighted by molar-refractivity contribution is 6.99. The molecule has 0 spiro atoms. The van der Waals surface area contributed by atoms with Gasteiger partial charge in [0.15, 0.2) is 5.82 Å². The maximum Gasteiger partial charge on any atom is 0.261 e. The van der Waals surface area contributed by atoms with Crippen molar-refractivity contribution < 1.29 is 9.22 Å². The fraction of sp³-hybridized carbons (Fsp3) is 0.345. The first kappa shape index (κ1) is 23.6. The second-order valence-corrected chi connectivity index (χ2v) is 14.8. The third-order valence-electron chi connectivity index (χ3n) is 7.33. The van der Waals surface area contributed by atoms with Crippen LogP contribution >= 0.6 is 0 Å². The number of H-pyrrole nitrogens is 1. The van der Waals surface area contributed by atoms with Crippen LogP contribution in [0.3, 0.4) is 0 Å². The Morgan fingerprint density at radius 1 is 0.914 bits per heavy atom. The lowest BCUT2D eigenvalue weighted by atomic mass is 9.84. The molecule has 2 aromatic heterocycles. The summed E-state index contributed by atoms with van der Waals surface area (Å²) in [4.78, 5) is 25.1. The smallest absolute Gasteiger partial charge is 0.261 e. The van der Waals surface area contributed by atoms with Crippen molar-refractivity contribution in [2.75, 3.05) is 0 Å². The zero-order chi connectivity index (χ0) is 24.5. The van der Waals surface area contributed by atoms with E-state index in [-0.39, 0.29) is 22.8 Å². The van der Waals surface area contributed by atoms with Gasteiger partial charge in [0, 0.05) is 29.8 Å². The van der Waals surface area contributed by atoms with E-state index in [0.717, 1.165) is 31.1 Å². The molecule has 0 amide bonds. The van der Waals surface area contributed by atoms with Gasteiger partial charge in [-0.05, 0) is 47.2 Å². The maximum atomic E-state index is 13.2. The third kappa shape index (κ3) is 4.48. The van der Waals surface area contributed by atoms with Crippen LogP contribution in [0.15, 0.2) is 79.1 Å². The molecule has 2 heterocycles. The summed E-state index contributed by atoms with van der Waals surface area (Å²) in [6, 6.07) is 23.4. The Kier molecular flexibility index (Phi) is 6.43. The summed E-state index contributed by atoms with van der Waals surface area (Å²) >= 11 is 0. The van der Waals surface area contributed by atoms with Crippen LogP contribution < -0.4 is 10.4 Å². The number of nitrogens with zero attached hydrogens (tertiary/aromatic N) is 2. The summed E-state index contributed by atoms with van der Waals surface area (Å²) in [5, 5.41) is 3.46. The van der Waals surface area contributed by atoms with Gasteiger partial charge < -0.3 is 9.41 Å². The minimum atomic E-state index is -2.59. The van der Waals surface area contributed by atoms with Crippen molar-refractivity contribution >= 4 is 35.5 Å². The minimum absolute atomic E-state index is 0.0467. The van der Waals surface area contributed by atoms with Crippen LogP contribution in [0.4, 0.5) is 0 Å². The lowest BCUT2D eigenvalue weighted by Gasteiger charge is -2.46. The molecule has 2 aromatic carbocycles. The van der Waals surface area contributed by atoms with Gasteiger partial charge in [0.05, 0.1) is 0 Å². The molecule has 0 radical (unpaired) electrons. The highest BCUT2D eigenvalue weighted by atomic mass is 28.4. The molecule has 1 saturated carbocycles. The largest absolute Gasteiger partial charge is 0.404 e. The number of benzene rings is 2. The van der Waals surface area contributed by atoms with E-state index in [1.54, 1.807) is 6.20 Å². The molecule has 180 valence electrons. The van der Waals surface area contributed by atoms with E-state index in [1.807, 2.05) is 12.3 Å². The highest BCUT2D eigenvalue weighted by Gasteiger charge is 2.51. The van der Waals surface area contributed by atoms with Gasteiger partial charge in [0.2, 0.25) is 5.78 Å². The van der Waals surface area contributed by atoms with E-state index >= 15 is 0 Å². The van der Waals surface area contributed by atoms with Crippen molar-refractivity contribution in [1.82, 2.24) is 15.0 Å². The summed E-state index contributed by atoms with van der Waals surface area (Å²) in [6.07, 6.45) is 7.00. The fourth-order valence-electron chi connectivity index (χ4n) is 5.52. The Morgan fingerprint density at radius 3 is 2.09 bits per heavy atom. The molecule has 35 heavy (non-hydrogen) atoms. The van der Waals surface area contributed by atoms with Crippen molar-refractivity contribution in [3.05, 3.63) is 84.9 Å². The number of ketones is 1. The van der Waals surface area contributed by atoms with Gasteiger partial charge in [0.1, 0.15) is 5.65 Å². The molecular weight excluding hydrogens is 450 g/mol. The number of aromatic nitrogens is 3. The topological polar surface area (TPSA) is 67.9 Å². The van der Waals surface area contributed by atoms with Crippen LogP contribution in [0.25, 0.3) is 11.0 Å². The SMILES string of the molecule is CC(C)(C)[Si](OC1CCC(C(=O)c2ncc3cc[nH]c3n2)CC1)(c1ccccc1)c1ccccc1. The number of rotatable bonds is 6. The molecule has 1 aliphatic carbocycles. The number of carbonyl (C=O) groups is 1. The number of hydrogen-bond donors (Lipinski definition) is 1. The summed E-state index contributed by atoms with van der Waals surface area (Å²) < 4.78 is 7.29. The van der Waals surface area contributed by atoms with Crippen LogP contribution in [0.1, 0.15) is 57.1 Å². The number of Topliss-reactive ketones (excluding diaryl/α,β-unsaturated/α-hetero) is 1. The lowest BCUT2D eigenvalue weighted by Crippen LogP contribution is -2.67. The second kappa shape index (κ2) is 9.51. The van der Waals surface area contributed by atoms with E-state index in [4.69, 9.17) is 4.43 Å². The van der Waals surface area contributed by atoms with Crippen molar-refractivity contribution in [1.29, 1.82) is 0 Å². The minimum Gasteiger partial charge on any atom is -0.404 e. The number of hydrogen-bond acceptors (Lipinski definition) is 4.